The van der Waals surface area contributed by atoms with Crippen LogP contribution < -0.4 is 4.72 Å². The molecule has 0 saturated carbocycles. The third-order valence-electron chi connectivity index (χ3n) is 4.12. The highest BCUT2D eigenvalue weighted by Gasteiger charge is 2.36. The van der Waals surface area contributed by atoms with Gasteiger partial charge >= 0.3 is 0 Å². The highest BCUT2D eigenvalue weighted by Crippen LogP contribution is 2.24. The first-order chi connectivity index (χ1) is 12.8. The molecule has 1 aliphatic heterocycles. The van der Waals surface area contributed by atoms with Gasteiger partial charge in [-0.25, -0.2) is 13.1 Å². The second-order valence-corrected chi connectivity index (χ2v) is 9.00. The number of amides is 2. The Morgan fingerprint density at radius 2 is 1.93 bits per heavy atom. The quantitative estimate of drug-likeness (QED) is 0.738. The summed E-state index contributed by atoms with van der Waals surface area (Å²) in [5, 5.41) is 0.215. The number of pyridine rings is 1. The lowest BCUT2D eigenvalue weighted by Gasteiger charge is -2.24. The van der Waals surface area contributed by atoms with Crippen molar-refractivity contribution in [1.82, 2.24) is 14.6 Å². The summed E-state index contributed by atoms with van der Waals surface area (Å²) < 4.78 is 27.6. The lowest BCUT2D eigenvalue weighted by molar-refractivity contribution is -0.123. The maximum absolute atomic E-state index is 12.6. The van der Waals surface area contributed by atoms with E-state index in [0.717, 1.165) is 0 Å². The Morgan fingerprint density at radius 3 is 2.59 bits per heavy atom. The van der Waals surface area contributed by atoms with Gasteiger partial charge in [0.25, 0.3) is 21.8 Å². The molecule has 1 aromatic carbocycles. The maximum Gasteiger partial charge on any atom is 0.264 e. The molecule has 1 aliphatic rings. The van der Waals surface area contributed by atoms with E-state index in [-0.39, 0.29) is 15.8 Å². The van der Waals surface area contributed by atoms with Crippen molar-refractivity contribution in [2.45, 2.75) is 23.8 Å². The molecule has 3 rings (SSSR count). The third-order valence-corrected chi connectivity index (χ3v) is 6.13. The number of hydrogen-bond donors (Lipinski definition) is 1. The smallest absolute Gasteiger partial charge is 0.264 e. The van der Waals surface area contributed by atoms with Crippen molar-refractivity contribution in [1.29, 1.82) is 0 Å². The fourth-order valence-corrected chi connectivity index (χ4v) is 5.05. The lowest BCUT2D eigenvalue weighted by atomic mass is 10.2. The van der Waals surface area contributed by atoms with Gasteiger partial charge in [-0.05, 0) is 43.2 Å². The van der Waals surface area contributed by atoms with Gasteiger partial charge in [-0.2, -0.15) is 0 Å². The predicted molar refractivity (Wildman–Crippen MR) is 103 cm³/mol. The molecule has 0 aliphatic carbocycles. The van der Waals surface area contributed by atoms with Crippen LogP contribution in [0.4, 0.5) is 0 Å². The van der Waals surface area contributed by atoms with E-state index in [4.69, 9.17) is 11.6 Å². The molecule has 2 aromatic rings. The fraction of sp³-hybridized carbons (Fsp3) is 0.235. The second kappa shape index (κ2) is 7.95. The zero-order valence-electron chi connectivity index (χ0n) is 13.9. The van der Waals surface area contributed by atoms with E-state index in [1.807, 2.05) is 0 Å². The van der Waals surface area contributed by atoms with Crippen molar-refractivity contribution in [3.63, 3.8) is 0 Å². The topological polar surface area (TPSA) is 96.4 Å². The molecule has 1 fully saturated rings. The molecular weight excluding hydrogens is 458 g/mol. The first-order valence-corrected chi connectivity index (χ1v) is 10.7. The van der Waals surface area contributed by atoms with E-state index >= 15 is 0 Å². The van der Waals surface area contributed by atoms with Gasteiger partial charge in [0.1, 0.15) is 6.04 Å². The Balaban J connectivity index is 1.79. The van der Waals surface area contributed by atoms with Crippen molar-refractivity contribution in [3.05, 3.63) is 57.8 Å². The Hall–Kier alpha value is -1.97. The number of carbonyl (C=O) groups excluding carboxylic acids is 2. The molecule has 142 valence electrons. The van der Waals surface area contributed by atoms with Gasteiger partial charge in [-0.1, -0.05) is 27.5 Å². The van der Waals surface area contributed by atoms with Crippen LogP contribution in [0.25, 0.3) is 0 Å². The van der Waals surface area contributed by atoms with Gasteiger partial charge in [0.2, 0.25) is 0 Å². The Labute approximate surface area is 169 Å². The van der Waals surface area contributed by atoms with Crippen molar-refractivity contribution < 1.29 is 18.0 Å². The molecule has 2 heterocycles. The molecule has 1 atom stereocenters. The van der Waals surface area contributed by atoms with Gasteiger partial charge in [0.05, 0.1) is 4.90 Å². The van der Waals surface area contributed by atoms with Crippen LogP contribution in [0.2, 0.25) is 5.02 Å². The summed E-state index contributed by atoms with van der Waals surface area (Å²) >= 11 is 9.06. The van der Waals surface area contributed by atoms with Gasteiger partial charge in [-0.3, -0.25) is 14.6 Å². The van der Waals surface area contributed by atoms with E-state index in [1.54, 1.807) is 12.1 Å². The monoisotopic (exact) mass is 471 g/mol. The minimum Gasteiger partial charge on any atom is -0.327 e. The molecule has 1 unspecified atom stereocenters. The predicted octanol–water partition coefficient (Wildman–Crippen LogP) is 2.61. The molecule has 10 heteroatoms. The average Bonchev–Trinajstić information content (AvgIpc) is 3.10. The van der Waals surface area contributed by atoms with Crippen LogP contribution >= 0.6 is 27.5 Å². The summed E-state index contributed by atoms with van der Waals surface area (Å²) in [6.07, 6.45) is 3.97. The maximum atomic E-state index is 12.6. The number of halogens is 2. The largest absolute Gasteiger partial charge is 0.327 e. The van der Waals surface area contributed by atoms with Gasteiger partial charge in [-0.15, -0.1) is 0 Å². The summed E-state index contributed by atoms with van der Waals surface area (Å²) in [6, 6.07) is 6.37. The zero-order valence-corrected chi connectivity index (χ0v) is 17.1. The number of nitrogens with zero attached hydrogens (tertiary/aromatic N) is 2. The number of benzene rings is 1. The highest BCUT2D eigenvalue weighted by molar-refractivity contribution is 9.10. The summed E-state index contributed by atoms with van der Waals surface area (Å²) in [6.45, 7) is 0.377. The Bertz CT molecular complexity index is 965. The fourth-order valence-electron chi connectivity index (χ4n) is 2.89. The van der Waals surface area contributed by atoms with E-state index in [2.05, 4.69) is 25.6 Å². The first kappa shape index (κ1) is 19.8. The third kappa shape index (κ3) is 4.48. The summed E-state index contributed by atoms with van der Waals surface area (Å²) in [7, 11) is -4.12. The second-order valence-electron chi connectivity index (χ2n) is 5.97. The summed E-state index contributed by atoms with van der Waals surface area (Å²) in [5.74, 6) is -1.08. The Morgan fingerprint density at radius 1 is 1.22 bits per heavy atom. The summed E-state index contributed by atoms with van der Waals surface area (Å²) in [5.41, 5.74) is 0.395. The molecular formula is C17H15BrClN3O4S. The molecule has 7 nitrogen and oxygen atoms in total. The van der Waals surface area contributed by atoms with Crippen LogP contribution in [0.3, 0.4) is 0 Å². The zero-order chi connectivity index (χ0) is 19.6. The van der Waals surface area contributed by atoms with Gasteiger partial charge in [0.15, 0.2) is 0 Å². The minimum atomic E-state index is -4.12. The molecule has 0 radical (unpaired) electrons. The van der Waals surface area contributed by atoms with Crippen molar-refractivity contribution in [3.8, 4) is 0 Å². The van der Waals surface area contributed by atoms with Crippen LogP contribution in [-0.4, -0.2) is 42.7 Å². The Kier molecular flexibility index (Phi) is 5.83. The van der Waals surface area contributed by atoms with E-state index in [0.29, 0.717) is 29.4 Å². The number of sulfonamides is 1. The van der Waals surface area contributed by atoms with Crippen LogP contribution in [0.15, 0.2) is 52.1 Å². The van der Waals surface area contributed by atoms with Crippen LogP contribution in [0.5, 0.6) is 0 Å². The average molecular weight is 473 g/mol. The number of aromatic nitrogens is 1. The first-order valence-electron chi connectivity index (χ1n) is 8.02. The van der Waals surface area contributed by atoms with E-state index in [9.17, 15) is 18.0 Å². The number of hydrogen-bond acceptors (Lipinski definition) is 5. The van der Waals surface area contributed by atoms with Crippen LogP contribution in [0, 0.1) is 0 Å². The van der Waals surface area contributed by atoms with Crippen molar-refractivity contribution in [2.24, 2.45) is 0 Å². The van der Waals surface area contributed by atoms with Gasteiger partial charge < -0.3 is 4.90 Å². The molecule has 0 bridgehead atoms. The molecule has 1 N–H and O–H groups in total. The standard InChI is InChI=1S/C17H15BrClN3O4S/c18-12-8-13(19)10-14(9-12)27(25,26)21-16(23)15-2-1-7-22(15)17(24)11-3-5-20-6-4-11/h3-6,8-10,15H,1-2,7H2,(H,21,23). The normalized spacial score (nSPS) is 17.0. The SMILES string of the molecule is O=C(NS(=O)(=O)c1cc(Cl)cc(Br)c1)C1CCCN1C(=O)c1ccncc1. The molecule has 1 saturated heterocycles. The minimum absolute atomic E-state index is 0.139. The van der Waals surface area contributed by atoms with Crippen LogP contribution in [-0.2, 0) is 14.8 Å². The van der Waals surface area contributed by atoms with Crippen molar-refractivity contribution >= 4 is 49.4 Å². The number of likely N-dealkylation sites (tertiary alicyclic amines) is 1. The number of carbonyl (C=O) groups is 2. The number of nitrogens with one attached hydrogen (secondary N) is 1. The molecule has 27 heavy (non-hydrogen) atoms. The van der Waals surface area contributed by atoms with Crippen LogP contribution in [0.1, 0.15) is 23.2 Å². The molecule has 1 aromatic heterocycles. The van der Waals surface area contributed by atoms with Gasteiger partial charge in [0, 0.05) is 34.0 Å². The highest BCUT2D eigenvalue weighted by atomic mass is 79.9. The number of rotatable bonds is 4. The van der Waals surface area contributed by atoms with E-state index in [1.165, 1.54) is 35.5 Å². The summed E-state index contributed by atoms with van der Waals surface area (Å²) in [4.78, 5) is 30.3. The van der Waals surface area contributed by atoms with E-state index < -0.39 is 22.0 Å². The lowest BCUT2D eigenvalue weighted by Crippen LogP contribution is -2.47. The van der Waals surface area contributed by atoms with Crippen molar-refractivity contribution in [2.75, 3.05) is 6.54 Å². The molecule has 0 spiro atoms. The molecule has 2 amide bonds.